The highest BCUT2D eigenvalue weighted by molar-refractivity contribution is 5.99. The summed E-state index contributed by atoms with van der Waals surface area (Å²) in [6, 6.07) is 0.0313. The molecule has 1 saturated carbocycles. The molecule has 1 aliphatic carbocycles. The summed E-state index contributed by atoms with van der Waals surface area (Å²) in [4.78, 5) is 26.2. The van der Waals surface area contributed by atoms with Gasteiger partial charge in [-0.05, 0) is 26.2 Å². The number of pyridine rings is 1. The van der Waals surface area contributed by atoms with Gasteiger partial charge < -0.3 is 25.0 Å². The SMILES string of the molecule is COc1c(N2CC[C@H](N)C2)c(F)c(C)c2c(=O)c(C(=O)O)cn(C3CC3)c12.Cl. The first-order chi connectivity index (χ1) is 12.8. The molecule has 9 heteroatoms. The van der Waals surface area contributed by atoms with Crippen molar-refractivity contribution < 1.29 is 19.0 Å². The molecule has 7 nitrogen and oxygen atoms in total. The summed E-state index contributed by atoms with van der Waals surface area (Å²) >= 11 is 0. The standard InChI is InChI=1S/C19H22FN3O4.ClH/c1-9-13-15(23(11-3-4-11)8-12(17(13)24)19(25)26)18(27-2)16(14(9)20)22-6-5-10(21)7-22;/h8,10-11H,3-7,21H2,1-2H3,(H,25,26);1H/t10-;/m0./s1. The van der Waals surface area contributed by atoms with Gasteiger partial charge in [0.15, 0.2) is 11.6 Å². The molecule has 0 spiro atoms. The number of aryl methyl sites for hydroxylation is 1. The lowest BCUT2D eigenvalue weighted by Crippen LogP contribution is -2.28. The molecule has 1 aromatic carbocycles. The molecule has 152 valence electrons. The number of rotatable bonds is 4. The van der Waals surface area contributed by atoms with Crippen molar-refractivity contribution >= 4 is 35.0 Å². The molecule has 0 bridgehead atoms. The summed E-state index contributed by atoms with van der Waals surface area (Å²) in [7, 11) is 1.44. The van der Waals surface area contributed by atoms with E-state index in [1.54, 1.807) is 4.57 Å². The van der Waals surface area contributed by atoms with Crippen LogP contribution in [0.4, 0.5) is 10.1 Å². The lowest BCUT2D eigenvalue weighted by molar-refractivity contribution is 0.0695. The van der Waals surface area contributed by atoms with E-state index in [0.717, 1.165) is 19.3 Å². The number of nitrogens with two attached hydrogens (primary N) is 1. The number of anilines is 1. The van der Waals surface area contributed by atoms with Gasteiger partial charge in [0.1, 0.15) is 11.3 Å². The van der Waals surface area contributed by atoms with Crippen LogP contribution in [0.1, 0.15) is 41.2 Å². The highest BCUT2D eigenvalue weighted by atomic mass is 35.5. The number of aromatic carboxylic acids is 1. The molecule has 1 atom stereocenters. The zero-order chi connectivity index (χ0) is 19.5. The van der Waals surface area contributed by atoms with Crippen LogP contribution in [0, 0.1) is 12.7 Å². The third-order valence-corrected chi connectivity index (χ3v) is 5.49. The van der Waals surface area contributed by atoms with Gasteiger partial charge in [0, 0.05) is 36.9 Å². The fraction of sp³-hybridized carbons (Fsp3) is 0.474. The molecule has 2 fully saturated rings. The van der Waals surface area contributed by atoms with Crippen LogP contribution in [0.3, 0.4) is 0 Å². The zero-order valence-corrected chi connectivity index (χ0v) is 16.5. The van der Waals surface area contributed by atoms with Crippen molar-refractivity contribution in [3.05, 3.63) is 33.4 Å². The van der Waals surface area contributed by atoms with E-state index < -0.39 is 17.2 Å². The summed E-state index contributed by atoms with van der Waals surface area (Å²) < 4.78 is 22.7. The second-order valence-electron chi connectivity index (χ2n) is 7.35. The van der Waals surface area contributed by atoms with Gasteiger partial charge in [-0.3, -0.25) is 4.79 Å². The van der Waals surface area contributed by atoms with Crippen molar-refractivity contribution in [1.82, 2.24) is 4.57 Å². The number of carboxylic acids is 1. The maximum Gasteiger partial charge on any atom is 0.341 e. The van der Waals surface area contributed by atoms with Crippen molar-refractivity contribution in [3.8, 4) is 5.75 Å². The Morgan fingerprint density at radius 1 is 1.36 bits per heavy atom. The van der Waals surface area contributed by atoms with E-state index >= 15 is 4.39 Å². The molecule has 1 aromatic heterocycles. The van der Waals surface area contributed by atoms with Crippen molar-refractivity contribution in [1.29, 1.82) is 0 Å². The van der Waals surface area contributed by atoms with E-state index in [1.807, 2.05) is 4.90 Å². The van der Waals surface area contributed by atoms with Gasteiger partial charge in [0.2, 0.25) is 5.43 Å². The van der Waals surface area contributed by atoms with Crippen molar-refractivity contribution in [2.75, 3.05) is 25.1 Å². The second-order valence-corrected chi connectivity index (χ2v) is 7.35. The Morgan fingerprint density at radius 2 is 2.04 bits per heavy atom. The lowest BCUT2D eigenvalue weighted by atomic mass is 10.0. The monoisotopic (exact) mass is 411 g/mol. The number of methoxy groups -OCH3 is 1. The van der Waals surface area contributed by atoms with Gasteiger partial charge in [0.05, 0.1) is 18.0 Å². The largest absolute Gasteiger partial charge is 0.492 e. The first-order valence-corrected chi connectivity index (χ1v) is 9.03. The maximum absolute atomic E-state index is 15.4. The molecular formula is C19H23ClFN3O4. The van der Waals surface area contributed by atoms with E-state index in [-0.39, 0.29) is 46.8 Å². The Morgan fingerprint density at radius 3 is 2.54 bits per heavy atom. The van der Waals surface area contributed by atoms with Crippen LogP contribution >= 0.6 is 12.4 Å². The summed E-state index contributed by atoms with van der Waals surface area (Å²) in [6.45, 7) is 2.61. The highest BCUT2D eigenvalue weighted by Crippen LogP contribution is 2.45. The van der Waals surface area contributed by atoms with Crippen LogP contribution < -0.4 is 20.8 Å². The molecule has 2 heterocycles. The Labute approximate surface area is 167 Å². The van der Waals surface area contributed by atoms with Crippen LogP contribution in [0.2, 0.25) is 0 Å². The number of nitrogens with zero attached hydrogens (tertiary/aromatic N) is 2. The number of halogens is 2. The summed E-state index contributed by atoms with van der Waals surface area (Å²) in [6.07, 6.45) is 3.86. The predicted molar refractivity (Wildman–Crippen MR) is 107 cm³/mol. The third kappa shape index (κ3) is 3.00. The Bertz CT molecular complexity index is 1020. The average molecular weight is 412 g/mol. The molecule has 4 rings (SSSR count). The molecule has 3 N–H and O–H groups in total. The van der Waals surface area contributed by atoms with Crippen LogP contribution in [0.5, 0.6) is 5.75 Å². The summed E-state index contributed by atoms with van der Waals surface area (Å²) in [5.74, 6) is -1.61. The number of carboxylic acid groups (broad SMARTS) is 1. The number of benzene rings is 1. The number of carbonyl (C=O) groups is 1. The first kappa shape index (κ1) is 20.4. The fourth-order valence-corrected chi connectivity index (χ4v) is 3.97. The number of ether oxygens (including phenoxy) is 1. The molecular weight excluding hydrogens is 389 g/mol. The average Bonchev–Trinajstić information content (AvgIpc) is 3.38. The van der Waals surface area contributed by atoms with Gasteiger partial charge in [-0.2, -0.15) is 0 Å². The topological polar surface area (TPSA) is 97.8 Å². The quantitative estimate of drug-likeness (QED) is 0.802. The number of fused-ring (bicyclic) bond motifs is 1. The van der Waals surface area contributed by atoms with Crippen LogP contribution in [-0.4, -0.2) is 41.9 Å². The number of aromatic nitrogens is 1. The minimum atomic E-state index is -1.32. The Hall–Kier alpha value is -2.32. The van der Waals surface area contributed by atoms with Crippen LogP contribution in [0.15, 0.2) is 11.0 Å². The Balaban J connectivity index is 0.00000225. The van der Waals surface area contributed by atoms with Crippen LogP contribution in [-0.2, 0) is 0 Å². The van der Waals surface area contributed by atoms with Gasteiger partial charge in [-0.15, -0.1) is 12.4 Å². The molecule has 2 aliphatic rings. The molecule has 0 unspecified atom stereocenters. The molecule has 0 radical (unpaired) electrons. The number of hydrogen-bond acceptors (Lipinski definition) is 5. The maximum atomic E-state index is 15.4. The normalized spacial score (nSPS) is 19.0. The van der Waals surface area contributed by atoms with Crippen molar-refractivity contribution in [3.63, 3.8) is 0 Å². The molecule has 0 amide bonds. The van der Waals surface area contributed by atoms with Gasteiger partial charge in [-0.25, -0.2) is 9.18 Å². The highest BCUT2D eigenvalue weighted by Gasteiger charge is 2.34. The smallest absolute Gasteiger partial charge is 0.341 e. The van der Waals surface area contributed by atoms with E-state index in [0.29, 0.717) is 24.3 Å². The summed E-state index contributed by atoms with van der Waals surface area (Å²) in [5, 5.41) is 9.51. The summed E-state index contributed by atoms with van der Waals surface area (Å²) in [5.41, 5.74) is 5.86. The minimum Gasteiger partial charge on any atom is -0.492 e. The molecule has 28 heavy (non-hydrogen) atoms. The predicted octanol–water partition coefficient (Wildman–Crippen LogP) is 2.45. The second kappa shape index (κ2) is 7.25. The Kier molecular flexibility index (Phi) is 5.29. The molecule has 1 saturated heterocycles. The van der Waals surface area contributed by atoms with Crippen LogP contribution in [0.25, 0.3) is 10.9 Å². The van der Waals surface area contributed by atoms with E-state index in [1.165, 1.54) is 20.2 Å². The van der Waals surface area contributed by atoms with E-state index in [4.69, 9.17) is 10.5 Å². The zero-order valence-electron chi connectivity index (χ0n) is 15.7. The van der Waals surface area contributed by atoms with E-state index in [9.17, 15) is 14.7 Å². The van der Waals surface area contributed by atoms with E-state index in [2.05, 4.69) is 0 Å². The third-order valence-electron chi connectivity index (χ3n) is 5.49. The first-order valence-electron chi connectivity index (χ1n) is 9.03. The van der Waals surface area contributed by atoms with Crippen molar-refractivity contribution in [2.24, 2.45) is 5.73 Å². The van der Waals surface area contributed by atoms with Gasteiger partial charge in [-0.1, -0.05) is 0 Å². The van der Waals surface area contributed by atoms with Gasteiger partial charge >= 0.3 is 5.97 Å². The number of hydrogen-bond donors (Lipinski definition) is 2. The molecule has 1 aliphatic heterocycles. The van der Waals surface area contributed by atoms with Crippen molar-refractivity contribution in [2.45, 2.75) is 38.3 Å². The minimum absolute atomic E-state index is 0. The van der Waals surface area contributed by atoms with Gasteiger partial charge in [0.25, 0.3) is 0 Å². The lowest BCUT2D eigenvalue weighted by Gasteiger charge is -2.25. The molecule has 2 aromatic rings. The fourth-order valence-electron chi connectivity index (χ4n) is 3.97.